The molecule has 100 valence electrons. The molecule has 4 heteroatoms. The molecule has 0 aromatic heterocycles. The number of allylic oxidation sites excluding steroid dienone is 2. The summed E-state index contributed by atoms with van der Waals surface area (Å²) in [7, 11) is 0. The summed E-state index contributed by atoms with van der Waals surface area (Å²) in [6.45, 7) is 9.95. The van der Waals surface area contributed by atoms with E-state index in [0.717, 1.165) is 37.4 Å². The number of hydrogen-bond acceptors (Lipinski definition) is 4. The third-order valence-electron chi connectivity index (χ3n) is 3.44. The van der Waals surface area contributed by atoms with Crippen LogP contribution < -0.4 is 5.32 Å². The Labute approximate surface area is 109 Å². The normalized spacial score (nSPS) is 20.2. The number of ether oxygens (including phenoxy) is 1. The number of rotatable bonds is 6. The molecule has 1 aliphatic carbocycles. The van der Waals surface area contributed by atoms with Gasteiger partial charge in [0.25, 0.3) is 0 Å². The lowest BCUT2D eigenvalue weighted by Crippen LogP contribution is -2.45. The quantitative estimate of drug-likeness (QED) is 0.572. The second kappa shape index (κ2) is 6.05. The number of carbonyl (C=O) groups is 1. The molecule has 1 heterocycles. The van der Waals surface area contributed by atoms with Gasteiger partial charge in [-0.3, -0.25) is 4.79 Å². The van der Waals surface area contributed by atoms with Crippen LogP contribution in [0.4, 0.5) is 0 Å². The zero-order valence-corrected chi connectivity index (χ0v) is 11.1. The number of unbranched alkanes of at least 4 members (excludes halogenated alkanes) is 2. The number of morpholine rings is 1. The SMILES string of the molecule is C=C1C(=O)C(N2CCOCC2)=C1NCCCCC. The van der Waals surface area contributed by atoms with Crippen LogP contribution in [0.3, 0.4) is 0 Å². The summed E-state index contributed by atoms with van der Waals surface area (Å²) < 4.78 is 5.31. The molecule has 2 rings (SSSR count). The van der Waals surface area contributed by atoms with Crippen LogP contribution in [0, 0.1) is 0 Å². The summed E-state index contributed by atoms with van der Waals surface area (Å²) in [6, 6.07) is 0. The lowest BCUT2D eigenvalue weighted by molar-refractivity contribution is -0.115. The smallest absolute Gasteiger partial charge is 0.212 e. The Hall–Kier alpha value is -1.29. The van der Waals surface area contributed by atoms with Crippen LogP contribution >= 0.6 is 0 Å². The summed E-state index contributed by atoms with van der Waals surface area (Å²) >= 11 is 0. The van der Waals surface area contributed by atoms with Gasteiger partial charge in [0.05, 0.1) is 18.9 Å². The van der Waals surface area contributed by atoms with Crippen LogP contribution in [0.1, 0.15) is 26.2 Å². The van der Waals surface area contributed by atoms with E-state index in [1.807, 2.05) is 0 Å². The van der Waals surface area contributed by atoms with Gasteiger partial charge in [0.15, 0.2) is 0 Å². The molecule has 0 bridgehead atoms. The zero-order valence-electron chi connectivity index (χ0n) is 11.1. The van der Waals surface area contributed by atoms with Crippen LogP contribution in [-0.2, 0) is 9.53 Å². The van der Waals surface area contributed by atoms with Crippen molar-refractivity contribution in [2.24, 2.45) is 0 Å². The highest BCUT2D eigenvalue weighted by atomic mass is 16.5. The Morgan fingerprint density at radius 1 is 1.33 bits per heavy atom. The second-order valence-electron chi connectivity index (χ2n) is 4.76. The third kappa shape index (κ3) is 2.58. The van der Waals surface area contributed by atoms with Gasteiger partial charge in [-0.2, -0.15) is 0 Å². The molecular weight excluding hydrogens is 228 g/mol. The van der Waals surface area contributed by atoms with E-state index in [0.29, 0.717) is 18.8 Å². The summed E-state index contributed by atoms with van der Waals surface area (Å²) in [4.78, 5) is 14.0. The molecule has 1 aliphatic heterocycles. The van der Waals surface area contributed by atoms with Crippen LogP contribution in [0.5, 0.6) is 0 Å². The summed E-state index contributed by atoms with van der Waals surface area (Å²) in [5.74, 6) is 0.0925. The standard InChI is InChI=1S/C14H22N2O2/c1-3-4-5-6-15-12-11(2)14(17)13(12)16-7-9-18-10-8-16/h15H,2-10H2,1H3. The minimum Gasteiger partial charge on any atom is -0.383 e. The van der Waals surface area contributed by atoms with Crippen LogP contribution in [0.15, 0.2) is 23.5 Å². The molecule has 0 amide bonds. The van der Waals surface area contributed by atoms with Gasteiger partial charge in [-0.05, 0) is 6.42 Å². The molecule has 0 saturated carbocycles. The number of nitrogens with zero attached hydrogens (tertiary/aromatic N) is 1. The number of hydrogen-bond donors (Lipinski definition) is 1. The largest absolute Gasteiger partial charge is 0.383 e. The zero-order chi connectivity index (χ0) is 13.0. The Bertz CT molecular complexity index is 368. The lowest BCUT2D eigenvalue weighted by Gasteiger charge is -2.37. The highest BCUT2D eigenvalue weighted by molar-refractivity contribution is 6.18. The minimum atomic E-state index is 0.0925. The minimum absolute atomic E-state index is 0.0925. The van der Waals surface area contributed by atoms with E-state index in [2.05, 4.69) is 23.7 Å². The lowest BCUT2D eigenvalue weighted by atomic mass is 9.91. The van der Waals surface area contributed by atoms with Gasteiger partial charge < -0.3 is 15.0 Å². The predicted molar refractivity (Wildman–Crippen MR) is 71.1 cm³/mol. The number of carbonyl (C=O) groups excluding carboxylic acids is 1. The third-order valence-corrected chi connectivity index (χ3v) is 3.44. The molecule has 0 radical (unpaired) electrons. The Morgan fingerprint density at radius 3 is 2.72 bits per heavy atom. The molecule has 0 aromatic carbocycles. The van der Waals surface area contributed by atoms with Crippen molar-refractivity contribution in [2.45, 2.75) is 26.2 Å². The molecule has 1 saturated heterocycles. The van der Waals surface area contributed by atoms with Crippen molar-refractivity contribution in [1.82, 2.24) is 10.2 Å². The van der Waals surface area contributed by atoms with Crippen molar-refractivity contribution in [1.29, 1.82) is 0 Å². The topological polar surface area (TPSA) is 41.6 Å². The monoisotopic (exact) mass is 250 g/mol. The molecule has 0 spiro atoms. The van der Waals surface area contributed by atoms with E-state index in [9.17, 15) is 4.79 Å². The maximum absolute atomic E-state index is 11.9. The predicted octanol–water partition coefficient (Wildman–Crippen LogP) is 1.45. The first-order valence-corrected chi connectivity index (χ1v) is 6.80. The number of Topliss-reactive ketones (excluding diaryl/α,β-unsaturated/α-hetero) is 1. The fourth-order valence-corrected chi connectivity index (χ4v) is 2.32. The second-order valence-corrected chi connectivity index (χ2v) is 4.76. The summed E-state index contributed by atoms with van der Waals surface area (Å²) in [6.07, 6.45) is 3.56. The van der Waals surface area contributed by atoms with Gasteiger partial charge in [0.1, 0.15) is 5.70 Å². The first-order chi connectivity index (χ1) is 8.75. The van der Waals surface area contributed by atoms with Crippen molar-refractivity contribution < 1.29 is 9.53 Å². The van der Waals surface area contributed by atoms with Crippen molar-refractivity contribution in [3.8, 4) is 0 Å². The van der Waals surface area contributed by atoms with Gasteiger partial charge in [-0.1, -0.05) is 26.3 Å². The number of nitrogens with one attached hydrogen (secondary N) is 1. The maximum atomic E-state index is 11.9. The molecule has 1 N–H and O–H groups in total. The van der Waals surface area contributed by atoms with Crippen molar-refractivity contribution >= 4 is 5.78 Å². The highest BCUT2D eigenvalue weighted by Gasteiger charge is 2.36. The molecule has 0 aromatic rings. The Morgan fingerprint density at radius 2 is 2.06 bits per heavy atom. The molecule has 1 fully saturated rings. The maximum Gasteiger partial charge on any atom is 0.212 e. The fourth-order valence-electron chi connectivity index (χ4n) is 2.32. The van der Waals surface area contributed by atoms with Gasteiger partial charge in [-0.25, -0.2) is 0 Å². The van der Waals surface area contributed by atoms with Gasteiger partial charge in [-0.15, -0.1) is 0 Å². The molecule has 0 atom stereocenters. The van der Waals surface area contributed by atoms with E-state index in [1.165, 1.54) is 12.8 Å². The van der Waals surface area contributed by atoms with E-state index >= 15 is 0 Å². The van der Waals surface area contributed by atoms with Crippen LogP contribution in [-0.4, -0.2) is 43.5 Å². The first-order valence-electron chi connectivity index (χ1n) is 6.80. The van der Waals surface area contributed by atoms with E-state index in [4.69, 9.17) is 4.74 Å². The molecule has 18 heavy (non-hydrogen) atoms. The first kappa shape index (κ1) is 13.1. The molecular formula is C14H22N2O2. The molecule has 4 nitrogen and oxygen atoms in total. The van der Waals surface area contributed by atoms with Gasteiger partial charge in [0.2, 0.25) is 5.78 Å². The number of ketones is 1. The van der Waals surface area contributed by atoms with Crippen LogP contribution in [0.2, 0.25) is 0 Å². The molecule has 2 aliphatic rings. The van der Waals surface area contributed by atoms with Gasteiger partial charge in [0, 0.05) is 25.2 Å². The fraction of sp³-hybridized carbons (Fsp3) is 0.643. The average Bonchev–Trinajstić information content (AvgIpc) is 2.42. The van der Waals surface area contributed by atoms with Crippen LogP contribution in [0.25, 0.3) is 0 Å². The average molecular weight is 250 g/mol. The summed E-state index contributed by atoms with van der Waals surface area (Å²) in [5, 5.41) is 3.36. The highest BCUT2D eigenvalue weighted by Crippen LogP contribution is 2.30. The Balaban J connectivity index is 1.96. The summed E-state index contributed by atoms with van der Waals surface area (Å²) in [5.41, 5.74) is 2.41. The molecule has 0 unspecified atom stereocenters. The van der Waals surface area contributed by atoms with E-state index in [1.54, 1.807) is 0 Å². The van der Waals surface area contributed by atoms with Gasteiger partial charge >= 0.3 is 0 Å². The van der Waals surface area contributed by atoms with E-state index < -0.39 is 0 Å². The van der Waals surface area contributed by atoms with Crippen molar-refractivity contribution in [3.63, 3.8) is 0 Å². The van der Waals surface area contributed by atoms with E-state index in [-0.39, 0.29) is 5.78 Å². The van der Waals surface area contributed by atoms with Crippen molar-refractivity contribution in [3.05, 3.63) is 23.5 Å². The van der Waals surface area contributed by atoms with Crippen molar-refractivity contribution in [2.75, 3.05) is 32.8 Å². The Kier molecular flexibility index (Phi) is 4.42.